The SMILES string of the molecule is CC(N)CC1CCc2cccc(O)c2C1. The van der Waals surface area contributed by atoms with Gasteiger partial charge < -0.3 is 10.8 Å². The number of hydrogen-bond donors (Lipinski definition) is 2. The van der Waals surface area contributed by atoms with Gasteiger partial charge in [-0.1, -0.05) is 12.1 Å². The van der Waals surface area contributed by atoms with Crippen molar-refractivity contribution in [2.45, 2.75) is 38.6 Å². The van der Waals surface area contributed by atoms with E-state index in [-0.39, 0.29) is 6.04 Å². The highest BCUT2D eigenvalue weighted by Gasteiger charge is 2.21. The number of fused-ring (bicyclic) bond motifs is 1. The molecule has 2 heteroatoms. The van der Waals surface area contributed by atoms with Crippen LogP contribution < -0.4 is 5.73 Å². The average molecular weight is 205 g/mol. The lowest BCUT2D eigenvalue weighted by molar-refractivity contribution is 0.384. The van der Waals surface area contributed by atoms with Gasteiger partial charge >= 0.3 is 0 Å². The minimum absolute atomic E-state index is 0.266. The van der Waals surface area contributed by atoms with Gasteiger partial charge in [-0.15, -0.1) is 0 Å². The van der Waals surface area contributed by atoms with Crippen LogP contribution in [0.4, 0.5) is 0 Å². The quantitative estimate of drug-likeness (QED) is 0.777. The number of rotatable bonds is 2. The van der Waals surface area contributed by atoms with Gasteiger partial charge in [0.15, 0.2) is 0 Å². The largest absolute Gasteiger partial charge is 0.508 e. The lowest BCUT2D eigenvalue weighted by Crippen LogP contribution is -2.23. The summed E-state index contributed by atoms with van der Waals surface area (Å²) in [7, 11) is 0. The number of benzene rings is 1. The summed E-state index contributed by atoms with van der Waals surface area (Å²) in [5, 5.41) is 9.78. The van der Waals surface area contributed by atoms with E-state index >= 15 is 0 Å². The Morgan fingerprint density at radius 2 is 2.33 bits per heavy atom. The maximum atomic E-state index is 9.78. The van der Waals surface area contributed by atoms with Crippen molar-refractivity contribution in [1.29, 1.82) is 0 Å². The van der Waals surface area contributed by atoms with Crippen molar-refractivity contribution in [3.63, 3.8) is 0 Å². The minimum Gasteiger partial charge on any atom is -0.508 e. The Hall–Kier alpha value is -1.02. The molecule has 2 rings (SSSR count). The first-order valence-corrected chi connectivity index (χ1v) is 5.72. The second-order valence-electron chi connectivity index (χ2n) is 4.74. The lowest BCUT2D eigenvalue weighted by atomic mass is 9.81. The Labute approximate surface area is 91.1 Å². The lowest BCUT2D eigenvalue weighted by Gasteiger charge is -2.26. The van der Waals surface area contributed by atoms with Gasteiger partial charge in [0.2, 0.25) is 0 Å². The topological polar surface area (TPSA) is 46.2 Å². The van der Waals surface area contributed by atoms with Crippen molar-refractivity contribution in [1.82, 2.24) is 0 Å². The fourth-order valence-electron chi connectivity index (χ4n) is 2.57. The Morgan fingerprint density at radius 1 is 1.53 bits per heavy atom. The highest BCUT2D eigenvalue weighted by atomic mass is 16.3. The van der Waals surface area contributed by atoms with Gasteiger partial charge in [-0.2, -0.15) is 0 Å². The van der Waals surface area contributed by atoms with Crippen LogP contribution in [-0.4, -0.2) is 11.1 Å². The molecule has 2 unspecified atom stereocenters. The molecule has 2 nitrogen and oxygen atoms in total. The molecule has 1 aliphatic rings. The fourth-order valence-corrected chi connectivity index (χ4v) is 2.57. The number of phenolic OH excluding ortho intramolecular Hbond substituents is 1. The summed E-state index contributed by atoms with van der Waals surface area (Å²) < 4.78 is 0. The van der Waals surface area contributed by atoms with Crippen LogP contribution in [-0.2, 0) is 12.8 Å². The van der Waals surface area contributed by atoms with Crippen LogP contribution in [0.2, 0.25) is 0 Å². The second-order valence-corrected chi connectivity index (χ2v) is 4.74. The van der Waals surface area contributed by atoms with Crippen molar-refractivity contribution < 1.29 is 5.11 Å². The Balaban J connectivity index is 2.15. The molecular weight excluding hydrogens is 186 g/mol. The Morgan fingerprint density at radius 3 is 3.07 bits per heavy atom. The molecule has 82 valence electrons. The molecule has 0 saturated carbocycles. The first kappa shape index (κ1) is 10.5. The number of aryl methyl sites for hydroxylation is 1. The standard InChI is InChI=1S/C13H19NO/c1-9(14)7-10-5-6-11-3-2-4-13(15)12(11)8-10/h2-4,9-10,15H,5-8,14H2,1H3. The molecule has 0 aromatic heterocycles. The molecule has 1 aliphatic carbocycles. The fraction of sp³-hybridized carbons (Fsp3) is 0.538. The molecule has 0 spiro atoms. The molecule has 1 aromatic carbocycles. The van der Waals surface area contributed by atoms with E-state index in [4.69, 9.17) is 5.73 Å². The van der Waals surface area contributed by atoms with E-state index in [9.17, 15) is 5.11 Å². The summed E-state index contributed by atoms with van der Waals surface area (Å²) in [5.41, 5.74) is 8.28. The van der Waals surface area contributed by atoms with Crippen molar-refractivity contribution in [3.05, 3.63) is 29.3 Å². The zero-order valence-corrected chi connectivity index (χ0v) is 9.24. The zero-order valence-electron chi connectivity index (χ0n) is 9.24. The number of hydrogen-bond acceptors (Lipinski definition) is 2. The minimum atomic E-state index is 0.266. The van der Waals surface area contributed by atoms with Crippen LogP contribution in [0.3, 0.4) is 0 Å². The number of aromatic hydroxyl groups is 1. The van der Waals surface area contributed by atoms with Crippen LogP contribution in [0, 0.1) is 5.92 Å². The molecule has 15 heavy (non-hydrogen) atoms. The molecule has 0 bridgehead atoms. The normalized spacial score (nSPS) is 22.1. The third kappa shape index (κ3) is 2.32. The van der Waals surface area contributed by atoms with Crippen molar-refractivity contribution >= 4 is 0 Å². The van der Waals surface area contributed by atoms with Gasteiger partial charge in [0.25, 0.3) is 0 Å². The molecule has 0 aliphatic heterocycles. The van der Waals surface area contributed by atoms with Gasteiger partial charge in [0, 0.05) is 6.04 Å². The molecule has 0 radical (unpaired) electrons. The van der Waals surface area contributed by atoms with Crippen molar-refractivity contribution in [2.24, 2.45) is 11.7 Å². The van der Waals surface area contributed by atoms with Crippen molar-refractivity contribution in [3.8, 4) is 5.75 Å². The maximum absolute atomic E-state index is 9.78. The van der Waals surface area contributed by atoms with E-state index in [1.54, 1.807) is 6.07 Å². The van der Waals surface area contributed by atoms with Crippen LogP contribution >= 0.6 is 0 Å². The van der Waals surface area contributed by atoms with Gasteiger partial charge in [0.05, 0.1) is 0 Å². The van der Waals surface area contributed by atoms with Gasteiger partial charge in [-0.3, -0.25) is 0 Å². The first-order chi connectivity index (χ1) is 7.16. The Bertz CT molecular complexity index is 346. The smallest absolute Gasteiger partial charge is 0.119 e. The van der Waals surface area contributed by atoms with E-state index < -0.39 is 0 Å². The first-order valence-electron chi connectivity index (χ1n) is 5.72. The summed E-state index contributed by atoms with van der Waals surface area (Å²) in [4.78, 5) is 0. The zero-order chi connectivity index (χ0) is 10.8. The molecule has 2 atom stereocenters. The third-order valence-electron chi connectivity index (χ3n) is 3.27. The van der Waals surface area contributed by atoms with Crippen LogP contribution in [0.1, 0.15) is 30.9 Å². The van der Waals surface area contributed by atoms with Crippen LogP contribution in [0.15, 0.2) is 18.2 Å². The van der Waals surface area contributed by atoms with Gasteiger partial charge in [0.1, 0.15) is 5.75 Å². The molecule has 0 fully saturated rings. The summed E-state index contributed by atoms with van der Waals surface area (Å²) in [6, 6.07) is 6.10. The molecular formula is C13H19NO. The van der Waals surface area contributed by atoms with E-state index in [0.717, 1.165) is 24.8 Å². The van der Waals surface area contributed by atoms with Gasteiger partial charge in [-0.05, 0) is 55.7 Å². The summed E-state index contributed by atoms with van der Waals surface area (Å²) in [6.07, 6.45) is 4.34. The predicted molar refractivity (Wildman–Crippen MR) is 61.9 cm³/mol. The molecule has 0 saturated heterocycles. The number of phenols is 1. The summed E-state index contributed by atoms with van der Waals surface area (Å²) in [5.74, 6) is 1.10. The highest BCUT2D eigenvalue weighted by Crippen LogP contribution is 2.33. The molecule has 0 amide bonds. The van der Waals surface area contributed by atoms with Crippen LogP contribution in [0.25, 0.3) is 0 Å². The van der Waals surface area contributed by atoms with Gasteiger partial charge in [-0.25, -0.2) is 0 Å². The van der Waals surface area contributed by atoms with E-state index in [1.165, 1.54) is 12.0 Å². The Kier molecular flexibility index (Phi) is 2.96. The van der Waals surface area contributed by atoms with E-state index in [2.05, 4.69) is 13.0 Å². The number of nitrogens with two attached hydrogens (primary N) is 1. The summed E-state index contributed by atoms with van der Waals surface area (Å²) in [6.45, 7) is 2.06. The second kappa shape index (κ2) is 4.23. The highest BCUT2D eigenvalue weighted by molar-refractivity contribution is 5.41. The third-order valence-corrected chi connectivity index (χ3v) is 3.27. The monoisotopic (exact) mass is 205 g/mol. The summed E-state index contributed by atoms with van der Waals surface area (Å²) >= 11 is 0. The van der Waals surface area contributed by atoms with E-state index in [1.807, 2.05) is 6.07 Å². The van der Waals surface area contributed by atoms with Crippen LogP contribution in [0.5, 0.6) is 5.75 Å². The average Bonchev–Trinajstić information content (AvgIpc) is 2.18. The molecule has 1 aromatic rings. The predicted octanol–water partition coefficient (Wildman–Crippen LogP) is 2.23. The molecule has 3 N–H and O–H groups in total. The maximum Gasteiger partial charge on any atom is 0.119 e. The van der Waals surface area contributed by atoms with E-state index in [0.29, 0.717) is 11.7 Å². The molecule has 0 heterocycles. The van der Waals surface area contributed by atoms with Crippen molar-refractivity contribution in [2.75, 3.05) is 0 Å².